The highest BCUT2D eigenvalue weighted by Gasteiger charge is 2.48. The van der Waals surface area contributed by atoms with E-state index in [1.807, 2.05) is 0 Å². The van der Waals surface area contributed by atoms with Gasteiger partial charge in [0.2, 0.25) is 0 Å². The van der Waals surface area contributed by atoms with Crippen LogP contribution in [0.15, 0.2) is 15.8 Å². The monoisotopic (exact) mass is 394 g/mol. The number of aliphatic hydroxyl groups is 1. The van der Waals surface area contributed by atoms with Crippen LogP contribution in [0, 0.1) is 6.92 Å². The van der Waals surface area contributed by atoms with Gasteiger partial charge in [0.05, 0.1) is 19.3 Å². The summed E-state index contributed by atoms with van der Waals surface area (Å²) in [6.07, 6.45) is -3.17. The fourth-order valence-corrected chi connectivity index (χ4v) is 3.12. The molecule has 0 bridgehead atoms. The molecule has 3 N–H and O–H groups in total. The summed E-state index contributed by atoms with van der Waals surface area (Å²) in [6.45, 7) is 2.82. The van der Waals surface area contributed by atoms with E-state index in [1.54, 1.807) is 6.92 Å². The number of aliphatic hydroxyl groups excluding tert-OH is 1. The van der Waals surface area contributed by atoms with E-state index in [4.69, 9.17) is 23.6 Å². The lowest BCUT2D eigenvalue weighted by atomic mass is 10.1. The van der Waals surface area contributed by atoms with Crippen molar-refractivity contribution in [1.29, 1.82) is 0 Å². The molecule has 12 heteroatoms. The van der Waals surface area contributed by atoms with Gasteiger partial charge in [0.25, 0.3) is 5.56 Å². The standard InChI is InChI=1S/C14H23N2O9P/c1-7-4-16(14(19)15-12(7)18)13-11(23-6-8(2)22-3)10(25-26(20)21)9(5-17)24-13/h4,8-11,13,17,26H,5-6H2,1-3H3,(H,20,21)(H,15,18,19)/t8-,9+,10?,11?,13+/m0/s1. The van der Waals surface area contributed by atoms with Crippen molar-refractivity contribution in [2.45, 2.75) is 44.5 Å². The van der Waals surface area contributed by atoms with Crippen molar-refractivity contribution in [3.63, 3.8) is 0 Å². The topological polar surface area (TPSA) is 149 Å². The Kier molecular flexibility index (Phi) is 7.30. The molecule has 6 atom stereocenters. The minimum Gasteiger partial charge on any atom is -0.394 e. The quantitative estimate of drug-likeness (QED) is 0.468. The van der Waals surface area contributed by atoms with E-state index >= 15 is 0 Å². The van der Waals surface area contributed by atoms with Crippen LogP contribution in [0.4, 0.5) is 0 Å². The second kappa shape index (κ2) is 9.05. The largest absolute Gasteiger partial charge is 0.394 e. The Morgan fingerprint density at radius 2 is 2.12 bits per heavy atom. The number of nitrogens with one attached hydrogen (secondary N) is 1. The summed E-state index contributed by atoms with van der Waals surface area (Å²) in [6, 6.07) is 0. The van der Waals surface area contributed by atoms with Crippen molar-refractivity contribution < 1.29 is 33.3 Å². The number of aryl methyl sites for hydroxylation is 1. The molecule has 1 aliphatic rings. The van der Waals surface area contributed by atoms with Gasteiger partial charge in [-0.15, -0.1) is 0 Å². The van der Waals surface area contributed by atoms with Gasteiger partial charge in [-0.25, -0.2) is 4.79 Å². The van der Waals surface area contributed by atoms with Crippen molar-refractivity contribution >= 4 is 8.25 Å². The first-order chi connectivity index (χ1) is 12.3. The minimum atomic E-state index is -3.36. The molecule has 1 fully saturated rings. The number of aromatic nitrogens is 2. The molecule has 2 rings (SSSR count). The number of nitrogens with zero attached hydrogens (tertiary/aromatic N) is 1. The third kappa shape index (κ3) is 4.68. The summed E-state index contributed by atoms with van der Waals surface area (Å²) in [5, 5.41) is 9.52. The highest BCUT2D eigenvalue weighted by molar-refractivity contribution is 7.32. The maximum Gasteiger partial charge on any atom is 0.330 e. The van der Waals surface area contributed by atoms with Crippen LogP contribution in [0.25, 0.3) is 0 Å². The lowest BCUT2D eigenvalue weighted by molar-refractivity contribution is -0.0928. The summed E-state index contributed by atoms with van der Waals surface area (Å²) >= 11 is 0. The summed E-state index contributed by atoms with van der Waals surface area (Å²) in [5.41, 5.74) is -1.02. The van der Waals surface area contributed by atoms with Crippen molar-refractivity contribution in [3.8, 4) is 0 Å². The van der Waals surface area contributed by atoms with Gasteiger partial charge >= 0.3 is 13.9 Å². The van der Waals surface area contributed by atoms with E-state index in [-0.39, 0.29) is 18.3 Å². The average Bonchev–Trinajstić information content (AvgIpc) is 2.92. The molecule has 0 spiro atoms. The molecule has 3 unspecified atom stereocenters. The molecule has 0 aliphatic carbocycles. The van der Waals surface area contributed by atoms with Gasteiger partial charge in [-0.3, -0.25) is 18.9 Å². The van der Waals surface area contributed by atoms with E-state index in [1.165, 1.54) is 20.2 Å². The van der Waals surface area contributed by atoms with Crippen molar-refractivity contribution in [2.24, 2.45) is 0 Å². The van der Waals surface area contributed by atoms with Crippen LogP contribution in [0.3, 0.4) is 0 Å². The molecule has 1 aromatic heterocycles. The van der Waals surface area contributed by atoms with Gasteiger partial charge in [0, 0.05) is 18.9 Å². The van der Waals surface area contributed by atoms with Crippen molar-refractivity contribution in [1.82, 2.24) is 9.55 Å². The Hall–Kier alpha value is -1.33. The van der Waals surface area contributed by atoms with Gasteiger partial charge in [0.1, 0.15) is 18.3 Å². The van der Waals surface area contributed by atoms with E-state index < -0.39 is 50.7 Å². The third-order valence-electron chi connectivity index (χ3n) is 4.05. The Bertz CT molecular complexity index is 749. The molecule has 0 saturated carbocycles. The molecule has 11 nitrogen and oxygen atoms in total. The maximum atomic E-state index is 12.2. The Morgan fingerprint density at radius 3 is 2.69 bits per heavy atom. The normalized spacial score (nSPS) is 28.2. The molecular formula is C14H23N2O9P. The molecule has 0 aromatic carbocycles. The highest BCUT2D eigenvalue weighted by Crippen LogP contribution is 2.37. The van der Waals surface area contributed by atoms with Crippen LogP contribution >= 0.6 is 8.25 Å². The molecule has 2 heterocycles. The van der Waals surface area contributed by atoms with Crippen molar-refractivity contribution in [2.75, 3.05) is 20.3 Å². The van der Waals surface area contributed by atoms with E-state index in [0.717, 1.165) is 4.57 Å². The minimum absolute atomic E-state index is 0.0858. The van der Waals surface area contributed by atoms with Gasteiger partial charge in [-0.2, -0.15) is 0 Å². The number of hydrogen-bond acceptors (Lipinski definition) is 8. The number of hydrogen-bond donors (Lipinski definition) is 3. The van der Waals surface area contributed by atoms with Gasteiger partial charge in [-0.05, 0) is 13.8 Å². The first kappa shape index (κ1) is 21.0. The van der Waals surface area contributed by atoms with Gasteiger partial charge in [0.15, 0.2) is 6.23 Å². The van der Waals surface area contributed by atoms with E-state index in [2.05, 4.69) is 4.98 Å². The molecule has 1 aliphatic heterocycles. The number of H-pyrrole nitrogens is 1. The van der Waals surface area contributed by atoms with Crippen LogP contribution in [0.1, 0.15) is 18.7 Å². The van der Waals surface area contributed by atoms with Crippen LogP contribution in [0.5, 0.6) is 0 Å². The van der Waals surface area contributed by atoms with E-state index in [0.29, 0.717) is 0 Å². The first-order valence-electron chi connectivity index (χ1n) is 7.90. The lowest BCUT2D eigenvalue weighted by Gasteiger charge is -2.25. The molecular weight excluding hydrogens is 371 g/mol. The summed E-state index contributed by atoms with van der Waals surface area (Å²) in [7, 11) is -1.87. The molecule has 26 heavy (non-hydrogen) atoms. The van der Waals surface area contributed by atoms with Crippen LogP contribution in [-0.2, 0) is 23.3 Å². The summed E-state index contributed by atoms with van der Waals surface area (Å²) in [5.74, 6) is 0. The third-order valence-corrected chi connectivity index (χ3v) is 4.52. The van der Waals surface area contributed by atoms with Crippen molar-refractivity contribution in [3.05, 3.63) is 32.6 Å². The van der Waals surface area contributed by atoms with Crippen LogP contribution < -0.4 is 11.2 Å². The Morgan fingerprint density at radius 1 is 1.42 bits per heavy atom. The van der Waals surface area contributed by atoms with Crippen LogP contribution in [0.2, 0.25) is 0 Å². The summed E-state index contributed by atoms with van der Waals surface area (Å²) in [4.78, 5) is 35.1. The first-order valence-corrected chi connectivity index (χ1v) is 9.17. The van der Waals surface area contributed by atoms with Gasteiger partial charge < -0.3 is 28.7 Å². The second-order valence-electron chi connectivity index (χ2n) is 5.92. The number of ether oxygens (including phenoxy) is 3. The fourth-order valence-electron chi connectivity index (χ4n) is 2.60. The number of aromatic amines is 1. The molecule has 1 saturated heterocycles. The van der Waals surface area contributed by atoms with Gasteiger partial charge in [-0.1, -0.05) is 0 Å². The SMILES string of the molecule is CO[C@@H](C)COC1C(O[PH](=O)O)[C@@H](CO)O[C@H]1n1cc(C)c(=O)[nH]c1=O. The van der Waals surface area contributed by atoms with Crippen LogP contribution in [-0.4, -0.2) is 64.3 Å². The highest BCUT2D eigenvalue weighted by atomic mass is 31.1. The zero-order valence-electron chi connectivity index (χ0n) is 14.6. The predicted molar refractivity (Wildman–Crippen MR) is 89.4 cm³/mol. The molecule has 0 amide bonds. The molecule has 1 aromatic rings. The molecule has 0 radical (unpaired) electrons. The van der Waals surface area contributed by atoms with E-state index in [9.17, 15) is 19.3 Å². The zero-order valence-corrected chi connectivity index (χ0v) is 15.6. The fraction of sp³-hybridized carbons (Fsp3) is 0.714. The lowest BCUT2D eigenvalue weighted by Crippen LogP contribution is -2.41. The summed E-state index contributed by atoms with van der Waals surface area (Å²) < 4.78 is 33.7. The average molecular weight is 394 g/mol. The second-order valence-corrected chi connectivity index (χ2v) is 6.69. The zero-order chi connectivity index (χ0) is 19.4. The Balaban J connectivity index is 2.40. The smallest absolute Gasteiger partial charge is 0.330 e. The number of rotatable bonds is 8. The number of methoxy groups -OCH3 is 1. The molecule has 148 valence electrons. The predicted octanol–water partition coefficient (Wildman–Crippen LogP) is -1.08. The Labute approximate surface area is 149 Å². The maximum absolute atomic E-state index is 12.2.